The third-order valence-corrected chi connectivity index (χ3v) is 11.7. The predicted octanol–water partition coefficient (Wildman–Crippen LogP) is 12.9. The second-order valence-electron chi connectivity index (χ2n) is 16.7. The first kappa shape index (κ1) is 39.1. The summed E-state index contributed by atoms with van der Waals surface area (Å²) < 4.78 is 2.27. The molecule has 0 N–H and O–H groups in total. The van der Waals surface area contributed by atoms with E-state index in [9.17, 15) is 0 Å². The van der Waals surface area contributed by atoms with E-state index in [0.29, 0.717) is 0 Å². The van der Waals surface area contributed by atoms with E-state index in [-0.39, 0.29) is 26.5 Å². The van der Waals surface area contributed by atoms with Crippen molar-refractivity contribution < 1.29 is 21.1 Å². The number of para-hydroxylation sites is 4. The summed E-state index contributed by atoms with van der Waals surface area (Å²) in [7, 11) is 0. The van der Waals surface area contributed by atoms with Gasteiger partial charge in [0.1, 0.15) is 5.82 Å². The number of benzene rings is 5. The van der Waals surface area contributed by atoms with Crippen molar-refractivity contribution in [1.29, 1.82) is 0 Å². The zero-order valence-electron chi connectivity index (χ0n) is 34.2. The molecule has 1 aliphatic heterocycles. The maximum absolute atomic E-state index is 4.91. The topological polar surface area (TPSA) is 50.1 Å². The molecule has 0 bridgehead atoms. The monoisotopic (exact) mass is 958 g/mol. The Morgan fingerprint density at radius 2 is 1.17 bits per heavy atom. The summed E-state index contributed by atoms with van der Waals surface area (Å²) in [5.41, 5.74) is 13.7. The van der Waals surface area contributed by atoms with Crippen molar-refractivity contribution in [2.45, 2.75) is 45.4 Å². The first-order valence-corrected chi connectivity index (χ1v) is 20.1. The number of nitrogens with zero attached hydrogens (tertiary/aromatic N) is 6. The third-order valence-electron chi connectivity index (χ3n) is 11.7. The predicted molar refractivity (Wildman–Crippen MR) is 241 cm³/mol. The summed E-state index contributed by atoms with van der Waals surface area (Å²) in [6, 6.07) is 55.1. The average molecular weight is 959 g/mol. The van der Waals surface area contributed by atoms with Crippen LogP contribution in [0.15, 0.2) is 164 Å². The van der Waals surface area contributed by atoms with Gasteiger partial charge in [0.05, 0.1) is 0 Å². The van der Waals surface area contributed by atoms with Gasteiger partial charge in [-0.1, -0.05) is 88.7 Å². The Kier molecular flexibility index (Phi) is 10.0. The van der Waals surface area contributed by atoms with Crippen LogP contribution in [0.25, 0.3) is 49.9 Å². The third kappa shape index (κ3) is 6.69. The number of aromatic nitrogens is 4. The normalized spacial score (nSPS) is 12.8. The summed E-state index contributed by atoms with van der Waals surface area (Å²) in [5.74, 6) is 0.897. The van der Waals surface area contributed by atoms with Crippen LogP contribution in [-0.2, 0) is 31.9 Å². The van der Waals surface area contributed by atoms with E-state index >= 15 is 0 Å². The van der Waals surface area contributed by atoms with Crippen molar-refractivity contribution in [3.05, 3.63) is 200 Å². The Balaban J connectivity index is 0.00000462. The maximum Gasteiger partial charge on any atom is 0.135 e. The van der Waals surface area contributed by atoms with Crippen LogP contribution < -0.4 is 9.80 Å². The molecule has 0 saturated heterocycles. The molecule has 60 heavy (non-hydrogen) atoms. The van der Waals surface area contributed by atoms with Crippen LogP contribution in [0.1, 0.15) is 51.3 Å². The van der Waals surface area contributed by atoms with Gasteiger partial charge >= 0.3 is 0 Å². The summed E-state index contributed by atoms with van der Waals surface area (Å²) >= 11 is 0. The van der Waals surface area contributed by atoms with Crippen molar-refractivity contribution in [2.24, 2.45) is 0 Å². The number of hydrogen-bond donors (Lipinski definition) is 0. The Bertz CT molecular complexity index is 2950. The maximum atomic E-state index is 4.91. The smallest absolute Gasteiger partial charge is 0.135 e. The molecule has 0 fully saturated rings. The molecule has 0 aliphatic carbocycles. The van der Waals surface area contributed by atoms with Gasteiger partial charge in [0.15, 0.2) is 0 Å². The largest absolute Gasteiger partial charge is 0.493 e. The SMILES string of the molecule is CC(C)(C)c1ccnc(-n2c3[c-]c(C(C)(C)c4[c-]c(N5[CH-]N(c6c(-c7ccncc7)cccc6-c6ccncc6)c6ccccc65)ccc4)ccc3c3ccccc32)c1.[Pt]. The van der Waals surface area contributed by atoms with E-state index in [1.54, 1.807) is 0 Å². The molecule has 10 rings (SSSR count). The van der Waals surface area contributed by atoms with Crippen molar-refractivity contribution >= 4 is 44.6 Å². The van der Waals surface area contributed by atoms with Crippen LogP contribution in [0.4, 0.5) is 22.7 Å². The molecule has 6 nitrogen and oxygen atoms in total. The van der Waals surface area contributed by atoms with Crippen LogP contribution in [0.3, 0.4) is 0 Å². The first-order chi connectivity index (χ1) is 28.7. The minimum Gasteiger partial charge on any atom is -0.493 e. The Morgan fingerprint density at radius 1 is 0.550 bits per heavy atom. The zero-order valence-corrected chi connectivity index (χ0v) is 36.4. The molecule has 298 valence electrons. The van der Waals surface area contributed by atoms with E-state index in [2.05, 4.69) is 211 Å². The minimum atomic E-state index is -0.437. The zero-order chi connectivity index (χ0) is 40.3. The van der Waals surface area contributed by atoms with E-state index in [1.807, 2.05) is 31.0 Å². The molecule has 0 unspecified atom stereocenters. The van der Waals surface area contributed by atoms with E-state index in [4.69, 9.17) is 4.98 Å². The van der Waals surface area contributed by atoms with Crippen LogP contribution in [0.2, 0.25) is 0 Å². The molecule has 0 amide bonds. The molecule has 7 heteroatoms. The van der Waals surface area contributed by atoms with Gasteiger partial charge in [-0.3, -0.25) is 9.97 Å². The van der Waals surface area contributed by atoms with E-state index in [0.717, 1.165) is 78.4 Å². The van der Waals surface area contributed by atoms with Crippen LogP contribution >= 0.6 is 0 Å². The molecule has 0 atom stereocenters. The number of hydrogen-bond acceptors (Lipinski definition) is 5. The van der Waals surface area contributed by atoms with E-state index in [1.165, 1.54) is 10.9 Å². The van der Waals surface area contributed by atoms with Gasteiger partial charge in [-0.25, -0.2) is 4.98 Å². The van der Waals surface area contributed by atoms with Gasteiger partial charge in [-0.15, -0.1) is 17.7 Å². The van der Waals surface area contributed by atoms with Gasteiger partial charge in [0, 0.05) is 85.8 Å². The fourth-order valence-corrected chi connectivity index (χ4v) is 8.42. The first-order valence-electron chi connectivity index (χ1n) is 20.1. The van der Waals surface area contributed by atoms with E-state index < -0.39 is 5.41 Å². The van der Waals surface area contributed by atoms with Gasteiger partial charge in [-0.2, -0.15) is 53.6 Å². The van der Waals surface area contributed by atoms with Crippen molar-refractivity contribution in [2.75, 3.05) is 9.80 Å². The average Bonchev–Trinajstić information content (AvgIpc) is 3.82. The molecule has 0 spiro atoms. The number of anilines is 4. The Labute approximate surface area is 366 Å². The fraction of sp³-hybridized carbons (Fsp3) is 0.132. The Hall–Kier alpha value is -6.36. The van der Waals surface area contributed by atoms with Crippen LogP contribution in [0.5, 0.6) is 0 Å². The molecular formula is C53H43N6Pt-3. The second-order valence-corrected chi connectivity index (χ2v) is 16.7. The summed E-state index contributed by atoms with van der Waals surface area (Å²) in [5, 5.41) is 2.34. The number of fused-ring (bicyclic) bond motifs is 4. The molecule has 5 aromatic carbocycles. The molecule has 9 aromatic rings. The molecule has 5 heterocycles. The quantitative estimate of drug-likeness (QED) is 0.149. The summed E-state index contributed by atoms with van der Waals surface area (Å²) in [6.07, 6.45) is 9.33. The van der Waals surface area contributed by atoms with Gasteiger partial charge < -0.3 is 14.4 Å². The molecule has 0 saturated carbocycles. The van der Waals surface area contributed by atoms with Crippen molar-refractivity contribution in [3.8, 4) is 28.1 Å². The number of pyridine rings is 3. The van der Waals surface area contributed by atoms with Crippen molar-refractivity contribution in [3.63, 3.8) is 0 Å². The standard InChI is InChI=1S/C53H43N6.Pt/c1-52(2,3)38-26-31-56-50(34-38)59-46-17-7-6-14-44(46)45-21-20-40(33-49(45)59)53(4,5)39-12-10-13-41(32-39)57-35-58(48-19-9-8-18-47(48)57)51-42(36-22-27-54-28-23-36)15-11-16-43(51)37-24-29-55-30-25-37;/h6-31,34-35H,1-5H3;/q-3;. The second kappa shape index (κ2) is 15.3. The molecule has 0 radical (unpaired) electrons. The minimum absolute atomic E-state index is 0. The van der Waals surface area contributed by atoms with Gasteiger partial charge in [-0.05, 0) is 87.5 Å². The molecule has 1 aliphatic rings. The summed E-state index contributed by atoms with van der Waals surface area (Å²) in [4.78, 5) is 18.1. The van der Waals surface area contributed by atoms with Crippen LogP contribution in [0, 0.1) is 18.8 Å². The Morgan fingerprint density at radius 3 is 1.85 bits per heavy atom. The summed E-state index contributed by atoms with van der Waals surface area (Å²) in [6.45, 7) is 13.5. The van der Waals surface area contributed by atoms with Gasteiger partial charge in [0.25, 0.3) is 0 Å². The van der Waals surface area contributed by atoms with Crippen molar-refractivity contribution in [1.82, 2.24) is 19.5 Å². The van der Waals surface area contributed by atoms with Crippen LogP contribution in [-0.4, -0.2) is 19.5 Å². The number of rotatable bonds is 7. The molecule has 4 aromatic heterocycles. The molecular weight excluding hydrogens is 916 g/mol. The fourth-order valence-electron chi connectivity index (χ4n) is 8.42. The van der Waals surface area contributed by atoms with Gasteiger partial charge in [0.2, 0.25) is 0 Å².